The lowest BCUT2D eigenvalue weighted by Gasteiger charge is -2.17. The fourth-order valence-electron chi connectivity index (χ4n) is 3.02. The molecule has 0 heterocycles. The molecule has 0 bridgehead atoms. The van der Waals surface area contributed by atoms with Gasteiger partial charge in [0, 0.05) is 10.7 Å². The van der Waals surface area contributed by atoms with Crippen LogP contribution in [0.2, 0.25) is 5.02 Å². The van der Waals surface area contributed by atoms with E-state index in [1.165, 1.54) is 22.3 Å². The molecule has 2 heteroatoms. The van der Waals surface area contributed by atoms with Gasteiger partial charge in [-0.25, -0.2) is 0 Å². The molecule has 4 rings (SSSR count). The molecule has 0 aliphatic heterocycles. The van der Waals surface area contributed by atoms with Crippen LogP contribution in [-0.4, -0.2) is 0 Å². The highest BCUT2D eigenvalue weighted by Gasteiger charge is 2.27. The Morgan fingerprint density at radius 3 is 1.76 bits per heavy atom. The van der Waals surface area contributed by atoms with Crippen molar-refractivity contribution in [2.24, 2.45) is 0 Å². The zero-order valence-corrected chi connectivity index (χ0v) is 12.1. The number of benzene rings is 3. The molecule has 0 amide bonds. The summed E-state index contributed by atoms with van der Waals surface area (Å²) in [6, 6.07) is 25.2. The lowest BCUT2D eigenvalue weighted by atomic mass is 10.1. The molecule has 0 spiro atoms. The predicted octanol–water partition coefficient (Wildman–Crippen LogP) is 5.52. The summed E-state index contributed by atoms with van der Waals surface area (Å²) in [5, 5.41) is 4.38. The van der Waals surface area contributed by atoms with Crippen LogP contribution in [-0.2, 0) is 0 Å². The Kier molecular flexibility index (Phi) is 2.94. The normalized spacial score (nSPS) is 12.8. The lowest BCUT2D eigenvalue weighted by Crippen LogP contribution is -2.09. The van der Waals surface area contributed by atoms with Gasteiger partial charge in [0.25, 0.3) is 0 Å². The molecule has 0 radical (unpaired) electrons. The molecule has 1 aliphatic rings. The van der Waals surface area contributed by atoms with Crippen LogP contribution in [0.5, 0.6) is 0 Å². The molecule has 0 fully saturated rings. The van der Waals surface area contributed by atoms with Crippen LogP contribution in [0.3, 0.4) is 0 Å². The Labute approximate surface area is 129 Å². The van der Waals surface area contributed by atoms with E-state index in [-0.39, 0.29) is 6.04 Å². The number of hydrogen-bond donors (Lipinski definition) is 1. The van der Waals surface area contributed by atoms with Gasteiger partial charge in [-0.05, 0) is 46.5 Å². The van der Waals surface area contributed by atoms with E-state index in [0.29, 0.717) is 0 Å². The summed E-state index contributed by atoms with van der Waals surface area (Å²) >= 11 is 5.96. The molecule has 1 nitrogen and oxygen atoms in total. The van der Waals surface area contributed by atoms with Gasteiger partial charge >= 0.3 is 0 Å². The first kappa shape index (κ1) is 12.5. The van der Waals surface area contributed by atoms with E-state index in [2.05, 4.69) is 53.8 Å². The van der Waals surface area contributed by atoms with Crippen molar-refractivity contribution in [3.8, 4) is 11.1 Å². The van der Waals surface area contributed by atoms with Gasteiger partial charge in [0.1, 0.15) is 0 Å². The van der Waals surface area contributed by atoms with Crippen molar-refractivity contribution in [3.05, 3.63) is 88.9 Å². The van der Waals surface area contributed by atoms with Gasteiger partial charge in [0.05, 0.1) is 6.04 Å². The first-order valence-electron chi connectivity index (χ1n) is 7.03. The van der Waals surface area contributed by atoms with Crippen molar-refractivity contribution >= 4 is 17.3 Å². The Balaban J connectivity index is 1.79. The Morgan fingerprint density at radius 2 is 1.19 bits per heavy atom. The minimum atomic E-state index is 0.193. The molecule has 0 aromatic heterocycles. The third-order valence-corrected chi connectivity index (χ3v) is 4.24. The van der Waals surface area contributed by atoms with Crippen LogP contribution in [0.4, 0.5) is 5.69 Å². The zero-order chi connectivity index (χ0) is 14.2. The maximum absolute atomic E-state index is 5.96. The molecule has 0 saturated carbocycles. The van der Waals surface area contributed by atoms with E-state index in [9.17, 15) is 0 Å². The highest BCUT2D eigenvalue weighted by atomic mass is 35.5. The first-order chi connectivity index (χ1) is 10.3. The van der Waals surface area contributed by atoms with Crippen LogP contribution >= 0.6 is 11.6 Å². The van der Waals surface area contributed by atoms with E-state index in [1.807, 2.05) is 24.3 Å². The predicted molar refractivity (Wildman–Crippen MR) is 88.8 cm³/mol. The van der Waals surface area contributed by atoms with Gasteiger partial charge in [-0.15, -0.1) is 0 Å². The average Bonchev–Trinajstić information content (AvgIpc) is 2.85. The average molecular weight is 292 g/mol. The van der Waals surface area contributed by atoms with Crippen LogP contribution in [0.1, 0.15) is 17.2 Å². The Morgan fingerprint density at radius 1 is 0.667 bits per heavy atom. The smallest absolute Gasteiger partial charge is 0.0779 e. The molecule has 1 N–H and O–H groups in total. The molecule has 21 heavy (non-hydrogen) atoms. The largest absolute Gasteiger partial charge is 0.374 e. The van der Waals surface area contributed by atoms with Gasteiger partial charge in [0.15, 0.2) is 0 Å². The highest BCUT2D eigenvalue weighted by Crippen LogP contribution is 2.44. The van der Waals surface area contributed by atoms with Crippen molar-refractivity contribution in [3.63, 3.8) is 0 Å². The van der Waals surface area contributed by atoms with Gasteiger partial charge in [-0.2, -0.15) is 0 Å². The number of anilines is 1. The summed E-state index contributed by atoms with van der Waals surface area (Å²) in [5.74, 6) is 0. The standard InChI is InChI=1S/C19H14ClN/c20-13-9-11-14(12-10-13)21-19-17-7-3-1-5-15(17)16-6-2-4-8-18(16)19/h1-12,19,21H. The minimum absolute atomic E-state index is 0.193. The number of nitrogens with one attached hydrogen (secondary N) is 1. The van der Waals surface area contributed by atoms with E-state index in [0.717, 1.165) is 10.7 Å². The monoisotopic (exact) mass is 291 g/mol. The maximum atomic E-state index is 5.96. The fourth-order valence-corrected chi connectivity index (χ4v) is 3.15. The second-order valence-electron chi connectivity index (χ2n) is 5.26. The van der Waals surface area contributed by atoms with Crippen molar-refractivity contribution in [2.75, 3.05) is 5.32 Å². The van der Waals surface area contributed by atoms with Crippen molar-refractivity contribution < 1.29 is 0 Å². The molecule has 0 atom stereocenters. The molecular formula is C19H14ClN. The quantitative estimate of drug-likeness (QED) is 0.655. The molecule has 0 unspecified atom stereocenters. The molecule has 0 saturated heterocycles. The lowest BCUT2D eigenvalue weighted by molar-refractivity contribution is 0.974. The van der Waals surface area contributed by atoms with Gasteiger partial charge in [0.2, 0.25) is 0 Å². The third kappa shape index (κ3) is 2.10. The summed E-state index contributed by atoms with van der Waals surface area (Å²) in [5.41, 5.74) is 6.37. The van der Waals surface area contributed by atoms with E-state index in [1.54, 1.807) is 0 Å². The van der Waals surface area contributed by atoms with Crippen LogP contribution in [0, 0.1) is 0 Å². The van der Waals surface area contributed by atoms with Crippen LogP contribution in [0.15, 0.2) is 72.8 Å². The van der Waals surface area contributed by atoms with E-state index in [4.69, 9.17) is 11.6 Å². The fraction of sp³-hybridized carbons (Fsp3) is 0.0526. The highest BCUT2D eigenvalue weighted by molar-refractivity contribution is 6.30. The second kappa shape index (κ2) is 4.94. The molecule has 1 aliphatic carbocycles. The second-order valence-corrected chi connectivity index (χ2v) is 5.70. The number of rotatable bonds is 2. The summed E-state index contributed by atoms with van der Waals surface area (Å²) in [6.45, 7) is 0. The third-order valence-electron chi connectivity index (χ3n) is 3.99. The minimum Gasteiger partial charge on any atom is -0.374 e. The SMILES string of the molecule is Clc1ccc(NC2c3ccccc3-c3ccccc32)cc1. The summed E-state index contributed by atoms with van der Waals surface area (Å²) in [4.78, 5) is 0. The van der Waals surface area contributed by atoms with Gasteiger partial charge < -0.3 is 5.32 Å². The van der Waals surface area contributed by atoms with Gasteiger partial charge in [-0.3, -0.25) is 0 Å². The molecule has 3 aromatic carbocycles. The topological polar surface area (TPSA) is 12.0 Å². The number of halogens is 1. The zero-order valence-electron chi connectivity index (χ0n) is 11.4. The molecule has 3 aromatic rings. The van der Waals surface area contributed by atoms with Crippen molar-refractivity contribution in [1.29, 1.82) is 0 Å². The van der Waals surface area contributed by atoms with Crippen molar-refractivity contribution in [1.82, 2.24) is 0 Å². The summed E-state index contributed by atoms with van der Waals surface area (Å²) in [6.07, 6.45) is 0. The van der Waals surface area contributed by atoms with E-state index >= 15 is 0 Å². The summed E-state index contributed by atoms with van der Waals surface area (Å²) < 4.78 is 0. The molecular weight excluding hydrogens is 278 g/mol. The number of hydrogen-bond acceptors (Lipinski definition) is 1. The first-order valence-corrected chi connectivity index (χ1v) is 7.41. The van der Waals surface area contributed by atoms with Gasteiger partial charge in [-0.1, -0.05) is 60.1 Å². The summed E-state index contributed by atoms with van der Waals surface area (Å²) in [7, 11) is 0. The van der Waals surface area contributed by atoms with E-state index < -0.39 is 0 Å². The maximum Gasteiger partial charge on any atom is 0.0779 e. The van der Waals surface area contributed by atoms with Crippen LogP contribution < -0.4 is 5.32 Å². The van der Waals surface area contributed by atoms with Crippen molar-refractivity contribution in [2.45, 2.75) is 6.04 Å². The number of fused-ring (bicyclic) bond motifs is 3. The Bertz CT molecular complexity index is 747. The van der Waals surface area contributed by atoms with Crippen LogP contribution in [0.25, 0.3) is 11.1 Å². The molecule has 102 valence electrons. The Hall–Kier alpha value is -2.25.